The fourth-order valence-corrected chi connectivity index (χ4v) is 0.904. The first-order valence-corrected chi connectivity index (χ1v) is 5.02. The van der Waals surface area contributed by atoms with Gasteiger partial charge in [-0.1, -0.05) is 12.0 Å². The van der Waals surface area contributed by atoms with Gasteiger partial charge in [-0.05, 0) is 19.1 Å². The summed E-state index contributed by atoms with van der Waals surface area (Å²) in [7, 11) is 3.85. The Hall–Kier alpha value is -1.95. The van der Waals surface area contributed by atoms with E-state index in [1.807, 2.05) is 38.2 Å². The van der Waals surface area contributed by atoms with E-state index in [1.54, 1.807) is 24.6 Å². The highest BCUT2D eigenvalue weighted by Gasteiger charge is 1.95. The molecule has 1 atom stereocenters. The van der Waals surface area contributed by atoms with E-state index in [4.69, 9.17) is 12.2 Å². The molecule has 0 spiro atoms. The van der Waals surface area contributed by atoms with Crippen LogP contribution in [0.15, 0.2) is 41.3 Å². The Bertz CT molecular complexity index is 341. The van der Waals surface area contributed by atoms with E-state index in [0.29, 0.717) is 5.70 Å². The molecule has 16 heavy (non-hydrogen) atoms. The molecule has 0 heterocycles. The van der Waals surface area contributed by atoms with Crippen molar-refractivity contribution < 1.29 is 0 Å². The minimum absolute atomic E-state index is 0.178. The maximum atomic E-state index is 5.70. The molecular weight excluding hydrogens is 198 g/mol. The summed E-state index contributed by atoms with van der Waals surface area (Å²) in [6.45, 7) is 1.90. The van der Waals surface area contributed by atoms with E-state index in [2.05, 4.69) is 10.9 Å². The van der Waals surface area contributed by atoms with Gasteiger partial charge in [-0.3, -0.25) is 4.99 Å². The lowest BCUT2D eigenvalue weighted by Crippen LogP contribution is -2.01. The lowest BCUT2D eigenvalue weighted by Gasteiger charge is -2.01. The largest absolute Gasteiger partial charge is 0.399 e. The number of rotatable bonds is 5. The first-order chi connectivity index (χ1) is 7.60. The molecule has 0 radical (unpaired) electrons. The van der Waals surface area contributed by atoms with E-state index in [-0.39, 0.29) is 5.92 Å². The maximum Gasteiger partial charge on any atom is 0.0755 e. The second-order valence-corrected chi connectivity index (χ2v) is 3.42. The third kappa shape index (κ3) is 7.45. The summed E-state index contributed by atoms with van der Waals surface area (Å²) in [5.41, 5.74) is 6.35. The van der Waals surface area contributed by atoms with Gasteiger partial charge in [0, 0.05) is 38.4 Å². The van der Waals surface area contributed by atoms with Crippen molar-refractivity contribution in [3.8, 4) is 12.3 Å². The Labute approximate surface area is 98.0 Å². The average Bonchev–Trinajstić information content (AvgIpc) is 2.22. The van der Waals surface area contributed by atoms with Gasteiger partial charge in [0.05, 0.1) is 5.92 Å². The van der Waals surface area contributed by atoms with Crippen molar-refractivity contribution in [3.63, 3.8) is 0 Å². The Morgan fingerprint density at radius 1 is 1.50 bits per heavy atom. The second kappa shape index (κ2) is 8.37. The summed E-state index contributed by atoms with van der Waals surface area (Å²) in [6, 6.07) is 0. The minimum Gasteiger partial charge on any atom is -0.399 e. The van der Waals surface area contributed by atoms with E-state index in [9.17, 15) is 0 Å². The number of allylic oxidation sites excluding steroid dienone is 3. The third-order valence-electron chi connectivity index (χ3n) is 1.62. The molecule has 0 saturated carbocycles. The summed E-state index contributed by atoms with van der Waals surface area (Å²) in [4.78, 5) is 5.98. The zero-order valence-electron chi connectivity index (χ0n) is 10.1. The first-order valence-electron chi connectivity index (χ1n) is 5.02. The van der Waals surface area contributed by atoms with Crippen LogP contribution < -0.4 is 5.73 Å². The normalized spacial score (nSPS) is 14.8. The molecule has 0 aliphatic rings. The van der Waals surface area contributed by atoms with Crippen molar-refractivity contribution in [2.75, 3.05) is 14.1 Å². The van der Waals surface area contributed by atoms with E-state index in [1.165, 1.54) is 0 Å². The number of nitrogens with zero attached hydrogens (tertiary/aromatic N) is 2. The Morgan fingerprint density at radius 3 is 2.69 bits per heavy atom. The van der Waals surface area contributed by atoms with Crippen molar-refractivity contribution in [3.05, 3.63) is 36.3 Å². The molecule has 0 fully saturated rings. The number of hydrogen-bond donors (Lipinski definition) is 1. The molecule has 0 aliphatic carbocycles. The van der Waals surface area contributed by atoms with Gasteiger partial charge in [-0.25, -0.2) is 0 Å². The molecule has 0 aromatic carbocycles. The van der Waals surface area contributed by atoms with Gasteiger partial charge < -0.3 is 10.6 Å². The smallest absolute Gasteiger partial charge is 0.0755 e. The molecule has 0 aromatic rings. The molecule has 0 rings (SSSR count). The standard InChI is InChI=1S/C13H19N3/c1-5-7-13(14)10-12(6-2)11-15-8-9-16(3)4/h2,5,7-12H,14H2,1,3-4H3/b7-5-,9-8-,13-10+,15-11?. The molecule has 0 bridgehead atoms. The highest BCUT2D eigenvalue weighted by atomic mass is 15.0. The van der Waals surface area contributed by atoms with Gasteiger partial charge in [-0.2, -0.15) is 0 Å². The van der Waals surface area contributed by atoms with Crippen molar-refractivity contribution in [2.24, 2.45) is 16.6 Å². The summed E-state index contributed by atoms with van der Waals surface area (Å²) in [5.74, 6) is 2.41. The molecule has 2 N–H and O–H groups in total. The molecule has 3 nitrogen and oxygen atoms in total. The van der Waals surface area contributed by atoms with Crippen LogP contribution in [0.5, 0.6) is 0 Å². The van der Waals surface area contributed by atoms with Crippen LogP contribution in [0.1, 0.15) is 6.92 Å². The number of terminal acetylenes is 1. The fourth-order valence-electron chi connectivity index (χ4n) is 0.904. The van der Waals surface area contributed by atoms with Gasteiger partial charge in [0.1, 0.15) is 0 Å². The topological polar surface area (TPSA) is 41.6 Å². The Morgan fingerprint density at radius 2 is 2.19 bits per heavy atom. The molecule has 3 heteroatoms. The van der Waals surface area contributed by atoms with E-state index in [0.717, 1.165) is 0 Å². The van der Waals surface area contributed by atoms with Crippen LogP contribution in [0, 0.1) is 18.3 Å². The van der Waals surface area contributed by atoms with Crippen molar-refractivity contribution >= 4 is 6.21 Å². The van der Waals surface area contributed by atoms with Gasteiger partial charge in [0.2, 0.25) is 0 Å². The highest BCUT2D eigenvalue weighted by molar-refractivity contribution is 5.68. The summed E-state index contributed by atoms with van der Waals surface area (Å²) < 4.78 is 0. The van der Waals surface area contributed by atoms with Gasteiger partial charge in [0.15, 0.2) is 0 Å². The van der Waals surface area contributed by atoms with Crippen LogP contribution in [0.3, 0.4) is 0 Å². The van der Waals surface area contributed by atoms with Crippen LogP contribution in [0.2, 0.25) is 0 Å². The summed E-state index contributed by atoms with van der Waals surface area (Å²) in [6.07, 6.45) is 16.0. The lowest BCUT2D eigenvalue weighted by atomic mass is 10.1. The molecule has 0 aliphatic heterocycles. The highest BCUT2D eigenvalue weighted by Crippen LogP contribution is 1.98. The number of nitrogens with two attached hydrogens (primary N) is 1. The quantitative estimate of drug-likeness (QED) is 0.433. The van der Waals surface area contributed by atoms with Gasteiger partial charge in [0.25, 0.3) is 0 Å². The van der Waals surface area contributed by atoms with E-state index < -0.39 is 0 Å². The Balaban J connectivity index is 4.43. The minimum atomic E-state index is -0.178. The third-order valence-corrected chi connectivity index (χ3v) is 1.62. The predicted molar refractivity (Wildman–Crippen MR) is 70.7 cm³/mol. The van der Waals surface area contributed by atoms with Crippen LogP contribution in [-0.4, -0.2) is 25.2 Å². The van der Waals surface area contributed by atoms with Gasteiger partial charge in [-0.15, -0.1) is 6.42 Å². The first kappa shape index (κ1) is 14.1. The molecule has 1 unspecified atom stereocenters. The van der Waals surface area contributed by atoms with Crippen LogP contribution >= 0.6 is 0 Å². The molecular formula is C13H19N3. The number of aliphatic imine (C=N–C) groups is 1. The lowest BCUT2D eigenvalue weighted by molar-refractivity contribution is 0.562. The summed E-state index contributed by atoms with van der Waals surface area (Å²) in [5, 5.41) is 0. The zero-order valence-corrected chi connectivity index (χ0v) is 10.1. The molecule has 0 saturated heterocycles. The second-order valence-electron chi connectivity index (χ2n) is 3.42. The predicted octanol–water partition coefficient (Wildman–Crippen LogP) is 1.76. The van der Waals surface area contributed by atoms with E-state index >= 15 is 0 Å². The zero-order chi connectivity index (χ0) is 12.4. The van der Waals surface area contributed by atoms with Crippen molar-refractivity contribution in [1.82, 2.24) is 4.90 Å². The number of hydrogen-bond acceptors (Lipinski definition) is 3. The molecule has 0 amide bonds. The molecule has 0 aromatic heterocycles. The maximum absolute atomic E-state index is 5.70. The summed E-state index contributed by atoms with van der Waals surface area (Å²) >= 11 is 0. The van der Waals surface area contributed by atoms with Crippen LogP contribution in [-0.2, 0) is 0 Å². The van der Waals surface area contributed by atoms with Gasteiger partial charge >= 0.3 is 0 Å². The Kier molecular flexibility index (Phi) is 7.35. The molecule has 86 valence electrons. The fraction of sp³-hybridized carbons (Fsp3) is 0.308. The average molecular weight is 217 g/mol. The van der Waals surface area contributed by atoms with Crippen molar-refractivity contribution in [1.29, 1.82) is 0 Å². The SMILES string of the molecule is C#CC(C=N/C=C\N(C)C)/C=C(N)\C=C/C. The van der Waals surface area contributed by atoms with Crippen LogP contribution in [0.25, 0.3) is 0 Å². The monoisotopic (exact) mass is 217 g/mol. The van der Waals surface area contributed by atoms with Crippen molar-refractivity contribution in [2.45, 2.75) is 6.92 Å². The van der Waals surface area contributed by atoms with Crippen LogP contribution in [0.4, 0.5) is 0 Å².